The third kappa shape index (κ3) is 5.64. The number of nitrogens with one attached hydrogen (secondary N) is 1. The van der Waals surface area contributed by atoms with Crippen LogP contribution in [0.25, 0.3) is 0 Å². The van der Waals surface area contributed by atoms with Gasteiger partial charge in [0.1, 0.15) is 17.5 Å². The van der Waals surface area contributed by atoms with E-state index >= 15 is 0 Å². The molecular formula is C23H31ClFN5O. The molecule has 1 aliphatic rings. The quantitative estimate of drug-likeness (QED) is 0.756. The molecule has 0 aliphatic carbocycles. The van der Waals surface area contributed by atoms with Crippen LogP contribution in [0.15, 0.2) is 18.2 Å². The molecule has 0 atom stereocenters. The molecular weight excluding hydrogens is 417 g/mol. The molecule has 1 N–H and O–H groups in total. The maximum absolute atomic E-state index is 14.5. The zero-order valence-electron chi connectivity index (χ0n) is 18.9. The molecule has 0 spiro atoms. The topological polar surface area (TPSA) is 61.4 Å². The molecule has 1 fully saturated rings. The normalized spacial score (nSPS) is 14.7. The smallest absolute Gasteiger partial charge is 0.317 e. The molecule has 2 amide bonds. The minimum Gasteiger partial charge on any atom is -0.353 e. The van der Waals surface area contributed by atoms with Gasteiger partial charge in [0.2, 0.25) is 0 Å². The fourth-order valence-electron chi connectivity index (χ4n) is 3.77. The second-order valence-electron chi connectivity index (χ2n) is 8.90. The van der Waals surface area contributed by atoms with Gasteiger partial charge < -0.3 is 15.1 Å². The summed E-state index contributed by atoms with van der Waals surface area (Å²) in [7, 11) is 0. The van der Waals surface area contributed by atoms with Crippen molar-refractivity contribution >= 4 is 23.4 Å². The average Bonchev–Trinajstić information content (AvgIpc) is 2.70. The third-order valence-electron chi connectivity index (χ3n) is 5.28. The lowest BCUT2D eigenvalue weighted by Crippen LogP contribution is -2.55. The highest BCUT2D eigenvalue weighted by Gasteiger charge is 2.27. The monoisotopic (exact) mass is 447 g/mol. The summed E-state index contributed by atoms with van der Waals surface area (Å²) in [5.74, 6) is 1.16. The first kappa shape index (κ1) is 23.3. The van der Waals surface area contributed by atoms with Gasteiger partial charge in [-0.05, 0) is 46.2 Å². The number of hydrogen-bond acceptors (Lipinski definition) is 4. The largest absolute Gasteiger partial charge is 0.353 e. The Morgan fingerprint density at radius 2 is 1.84 bits per heavy atom. The predicted molar refractivity (Wildman–Crippen MR) is 122 cm³/mol. The molecule has 168 valence electrons. The minimum atomic E-state index is -0.329. The van der Waals surface area contributed by atoms with Gasteiger partial charge in [-0.1, -0.05) is 24.6 Å². The van der Waals surface area contributed by atoms with Gasteiger partial charge in [-0.15, -0.1) is 0 Å². The van der Waals surface area contributed by atoms with Crippen LogP contribution in [0.3, 0.4) is 0 Å². The number of amides is 2. The lowest BCUT2D eigenvalue weighted by atomic mass is 10.0. The molecule has 31 heavy (non-hydrogen) atoms. The minimum absolute atomic E-state index is 0.0568. The number of hydrogen-bond donors (Lipinski definition) is 1. The predicted octanol–water partition coefficient (Wildman–Crippen LogP) is 4.36. The van der Waals surface area contributed by atoms with Crippen molar-refractivity contribution in [3.05, 3.63) is 51.7 Å². The van der Waals surface area contributed by atoms with Crippen LogP contribution in [0, 0.1) is 12.7 Å². The van der Waals surface area contributed by atoms with Crippen molar-refractivity contribution in [2.24, 2.45) is 0 Å². The molecule has 3 rings (SSSR count). The molecule has 1 saturated heterocycles. The summed E-state index contributed by atoms with van der Waals surface area (Å²) in [6, 6.07) is 4.68. The summed E-state index contributed by atoms with van der Waals surface area (Å²) < 4.78 is 14.5. The van der Waals surface area contributed by atoms with Gasteiger partial charge in [0.05, 0.1) is 0 Å². The number of nitrogens with zero attached hydrogens (tertiary/aromatic N) is 4. The maximum atomic E-state index is 14.5. The van der Waals surface area contributed by atoms with Crippen LogP contribution in [0.2, 0.25) is 5.02 Å². The van der Waals surface area contributed by atoms with Crippen LogP contribution < -0.4 is 10.2 Å². The van der Waals surface area contributed by atoms with Crippen LogP contribution in [0.5, 0.6) is 0 Å². The number of rotatable bonds is 4. The Labute approximate surface area is 188 Å². The Hall–Kier alpha value is -2.41. The summed E-state index contributed by atoms with van der Waals surface area (Å²) >= 11 is 6.31. The summed E-state index contributed by atoms with van der Waals surface area (Å²) in [6.07, 6.45) is 1.04. The number of aromatic nitrogens is 2. The fraction of sp³-hybridized carbons (Fsp3) is 0.522. The molecule has 2 aromatic rings. The third-order valence-corrected chi connectivity index (χ3v) is 5.64. The van der Waals surface area contributed by atoms with Crippen molar-refractivity contribution in [2.75, 3.05) is 31.1 Å². The molecule has 2 heterocycles. The molecule has 8 heteroatoms. The van der Waals surface area contributed by atoms with E-state index in [-0.39, 0.29) is 17.4 Å². The van der Waals surface area contributed by atoms with E-state index in [2.05, 4.69) is 15.2 Å². The number of carbonyl (C=O) groups excluding carboxylic acids is 1. The summed E-state index contributed by atoms with van der Waals surface area (Å²) in [5, 5.41) is 3.41. The molecule has 1 aliphatic heterocycles. The lowest BCUT2D eigenvalue weighted by molar-refractivity contribution is 0.185. The summed E-state index contributed by atoms with van der Waals surface area (Å²) in [5.41, 5.74) is 1.97. The second-order valence-corrected chi connectivity index (χ2v) is 9.31. The zero-order valence-corrected chi connectivity index (χ0v) is 19.7. The maximum Gasteiger partial charge on any atom is 0.317 e. The van der Waals surface area contributed by atoms with Crippen LogP contribution in [0.4, 0.5) is 15.0 Å². The molecule has 0 unspecified atom stereocenters. The van der Waals surface area contributed by atoms with E-state index in [0.717, 1.165) is 17.1 Å². The van der Waals surface area contributed by atoms with Crippen LogP contribution in [-0.2, 0) is 12.8 Å². The highest BCUT2D eigenvalue weighted by atomic mass is 35.5. The Bertz CT molecular complexity index is 931. The molecule has 6 nitrogen and oxygen atoms in total. The van der Waals surface area contributed by atoms with Gasteiger partial charge in [0, 0.05) is 60.0 Å². The van der Waals surface area contributed by atoms with Crippen molar-refractivity contribution < 1.29 is 9.18 Å². The molecule has 1 aromatic carbocycles. The van der Waals surface area contributed by atoms with E-state index in [1.807, 2.05) is 39.5 Å². The number of halogens is 2. The average molecular weight is 448 g/mol. The standard InChI is InChI=1S/C23H31ClFN5O/c1-6-20-17(14-16-18(24)8-7-9-19(16)25)21(27-15(2)26-20)29-10-12-30(13-11-29)22(31)28-23(3,4)5/h7-9H,6,10-14H2,1-5H3,(H,28,31). The number of piperazine rings is 1. The first-order chi connectivity index (χ1) is 14.6. The highest BCUT2D eigenvalue weighted by Crippen LogP contribution is 2.29. The number of carbonyl (C=O) groups is 1. The van der Waals surface area contributed by atoms with Crippen molar-refractivity contribution in [1.82, 2.24) is 20.2 Å². The Morgan fingerprint density at radius 1 is 1.16 bits per heavy atom. The summed E-state index contributed by atoms with van der Waals surface area (Å²) in [6.45, 7) is 12.3. The number of aryl methyl sites for hydroxylation is 2. The molecule has 0 bridgehead atoms. The van der Waals surface area contributed by atoms with Crippen LogP contribution in [0.1, 0.15) is 50.3 Å². The van der Waals surface area contributed by atoms with Crippen LogP contribution in [-0.4, -0.2) is 52.6 Å². The zero-order chi connectivity index (χ0) is 22.8. The Morgan fingerprint density at radius 3 is 2.42 bits per heavy atom. The van der Waals surface area contributed by atoms with E-state index in [1.165, 1.54) is 6.07 Å². The van der Waals surface area contributed by atoms with Gasteiger partial charge in [-0.3, -0.25) is 0 Å². The van der Waals surface area contributed by atoms with E-state index in [0.29, 0.717) is 55.4 Å². The summed E-state index contributed by atoms with van der Waals surface area (Å²) in [4.78, 5) is 25.8. The SMILES string of the molecule is CCc1nc(C)nc(N2CCN(C(=O)NC(C)(C)C)CC2)c1Cc1c(F)cccc1Cl. The molecule has 0 radical (unpaired) electrons. The number of urea groups is 1. The van der Waals surface area contributed by atoms with Gasteiger partial charge >= 0.3 is 6.03 Å². The van der Waals surface area contributed by atoms with E-state index in [9.17, 15) is 9.18 Å². The lowest BCUT2D eigenvalue weighted by Gasteiger charge is -2.37. The molecule has 0 saturated carbocycles. The van der Waals surface area contributed by atoms with Gasteiger partial charge in [-0.25, -0.2) is 19.2 Å². The first-order valence-electron chi connectivity index (χ1n) is 10.7. The second kappa shape index (κ2) is 9.39. The van der Waals surface area contributed by atoms with Crippen molar-refractivity contribution in [1.29, 1.82) is 0 Å². The fourth-order valence-corrected chi connectivity index (χ4v) is 4.00. The van der Waals surface area contributed by atoms with Crippen molar-refractivity contribution in [3.63, 3.8) is 0 Å². The van der Waals surface area contributed by atoms with E-state index in [1.54, 1.807) is 12.1 Å². The van der Waals surface area contributed by atoms with Gasteiger partial charge in [0.15, 0.2) is 0 Å². The van der Waals surface area contributed by atoms with E-state index in [4.69, 9.17) is 16.6 Å². The number of anilines is 1. The van der Waals surface area contributed by atoms with E-state index < -0.39 is 0 Å². The van der Waals surface area contributed by atoms with Gasteiger partial charge in [-0.2, -0.15) is 0 Å². The molecule has 1 aromatic heterocycles. The number of benzene rings is 1. The van der Waals surface area contributed by atoms with Crippen LogP contribution >= 0.6 is 11.6 Å². The Kier molecular flexibility index (Phi) is 7.04. The first-order valence-corrected chi connectivity index (χ1v) is 11.1. The van der Waals surface area contributed by atoms with Crippen molar-refractivity contribution in [2.45, 2.75) is 53.0 Å². The Balaban J connectivity index is 1.87. The van der Waals surface area contributed by atoms with Gasteiger partial charge in [0.25, 0.3) is 0 Å². The highest BCUT2D eigenvalue weighted by molar-refractivity contribution is 6.31. The van der Waals surface area contributed by atoms with Crippen molar-refractivity contribution in [3.8, 4) is 0 Å².